The maximum atomic E-state index is 12.9. The minimum atomic E-state index is -4.40. The Morgan fingerprint density at radius 1 is 0.314 bits per heavy atom. The lowest BCUT2D eigenvalue weighted by Crippen LogP contribution is -2.37. The summed E-state index contributed by atoms with van der Waals surface area (Å²) in [6.45, 7) is 4.38. The molecule has 0 heterocycles. The van der Waals surface area contributed by atoms with Crippen molar-refractivity contribution in [2.45, 2.75) is 444 Å². The van der Waals surface area contributed by atoms with Gasteiger partial charge >= 0.3 is 19.8 Å². The summed E-state index contributed by atoms with van der Waals surface area (Å²) in [7, 11) is 1.50. The first-order valence-corrected chi connectivity index (χ1v) is 45.8. The van der Waals surface area contributed by atoms with Gasteiger partial charge in [-0.05, 0) is 89.9 Å². The van der Waals surface area contributed by atoms with Crippen molar-refractivity contribution in [3.8, 4) is 0 Å². The molecule has 102 heavy (non-hydrogen) atoms. The highest BCUT2D eigenvalue weighted by molar-refractivity contribution is 7.47. The van der Waals surface area contributed by atoms with Gasteiger partial charge in [0.05, 0.1) is 27.7 Å². The van der Waals surface area contributed by atoms with Crippen molar-refractivity contribution in [3.05, 3.63) is 85.1 Å². The summed E-state index contributed by atoms with van der Waals surface area (Å²) in [5.41, 5.74) is 0. The zero-order valence-corrected chi connectivity index (χ0v) is 69.3. The molecule has 10 heteroatoms. The fourth-order valence-electron chi connectivity index (χ4n) is 13.2. The van der Waals surface area contributed by atoms with Crippen molar-refractivity contribution >= 4 is 19.8 Å². The third-order valence-corrected chi connectivity index (χ3v) is 20.9. The van der Waals surface area contributed by atoms with E-state index in [9.17, 15) is 19.0 Å². The second-order valence-corrected chi connectivity index (χ2v) is 32.7. The predicted octanol–water partition coefficient (Wildman–Crippen LogP) is 30.0. The number of unbranched alkanes of at least 4 members (excludes halogenated alkanes) is 55. The van der Waals surface area contributed by atoms with Gasteiger partial charge in [-0.15, -0.1) is 0 Å². The summed E-state index contributed by atoms with van der Waals surface area (Å²) in [4.78, 5) is 36.1. The molecule has 0 spiro atoms. The van der Waals surface area contributed by atoms with E-state index in [1.165, 1.54) is 334 Å². The van der Waals surface area contributed by atoms with Crippen LogP contribution in [0.2, 0.25) is 0 Å². The molecule has 596 valence electrons. The number of carbonyl (C=O) groups is 2. The van der Waals surface area contributed by atoms with Crippen LogP contribution in [0.5, 0.6) is 0 Å². The Morgan fingerprint density at radius 3 is 0.833 bits per heavy atom. The first-order chi connectivity index (χ1) is 50.0. The van der Waals surface area contributed by atoms with E-state index in [1.807, 2.05) is 21.1 Å². The largest absolute Gasteiger partial charge is 0.472 e. The van der Waals surface area contributed by atoms with Crippen LogP contribution in [-0.4, -0.2) is 74.9 Å². The summed E-state index contributed by atoms with van der Waals surface area (Å²) < 4.78 is 34.9. The quantitative estimate of drug-likeness (QED) is 0.0211. The summed E-state index contributed by atoms with van der Waals surface area (Å²) in [5.74, 6) is -0.773. The average Bonchev–Trinajstić information content (AvgIpc) is 0.913. The third kappa shape index (κ3) is 86.1. The van der Waals surface area contributed by atoms with Crippen LogP contribution in [0, 0.1) is 0 Å². The van der Waals surface area contributed by atoms with Gasteiger partial charge in [0.25, 0.3) is 0 Å². The second-order valence-electron chi connectivity index (χ2n) is 31.3. The number of phosphoric ester groups is 1. The molecule has 0 aromatic rings. The molecule has 0 saturated heterocycles. The zero-order chi connectivity index (χ0) is 74.0. The van der Waals surface area contributed by atoms with Gasteiger partial charge in [-0.2, -0.15) is 0 Å². The van der Waals surface area contributed by atoms with E-state index in [-0.39, 0.29) is 25.6 Å². The number of hydrogen-bond acceptors (Lipinski definition) is 7. The van der Waals surface area contributed by atoms with E-state index in [2.05, 4.69) is 98.9 Å². The van der Waals surface area contributed by atoms with Gasteiger partial charge in [0.15, 0.2) is 6.10 Å². The van der Waals surface area contributed by atoms with Crippen molar-refractivity contribution in [2.24, 2.45) is 0 Å². The van der Waals surface area contributed by atoms with E-state index >= 15 is 0 Å². The SMILES string of the molecule is CC/C=C\C/C=C\C/C=C\C/C=C\C/C=C\CCCCCCCCCCCCCCCCCCCCCCCC(=O)OC(COC(=O)CCCCCCCCCCCCCCCCCCCCCCCCCCCCCCC/C=C\C/C=C\CCCCCCC)COP(=O)(O)OCC[N+](C)(C)C. The molecule has 0 amide bonds. The van der Waals surface area contributed by atoms with Gasteiger partial charge in [-0.1, -0.05) is 420 Å². The highest BCUT2D eigenvalue weighted by Crippen LogP contribution is 2.43. The first-order valence-electron chi connectivity index (χ1n) is 44.3. The zero-order valence-electron chi connectivity index (χ0n) is 68.4. The highest BCUT2D eigenvalue weighted by atomic mass is 31.2. The second kappa shape index (κ2) is 82.3. The minimum Gasteiger partial charge on any atom is -0.462 e. The smallest absolute Gasteiger partial charge is 0.462 e. The van der Waals surface area contributed by atoms with Crippen molar-refractivity contribution in [3.63, 3.8) is 0 Å². The molecule has 9 nitrogen and oxygen atoms in total. The van der Waals surface area contributed by atoms with Gasteiger partial charge in [0.1, 0.15) is 19.8 Å². The summed E-state index contributed by atoms with van der Waals surface area (Å²) in [6, 6.07) is 0. The Labute approximate surface area is 634 Å². The van der Waals surface area contributed by atoms with Crippen LogP contribution in [0.25, 0.3) is 0 Å². The van der Waals surface area contributed by atoms with Crippen LogP contribution in [0.3, 0.4) is 0 Å². The number of allylic oxidation sites excluding steroid dienone is 14. The summed E-state index contributed by atoms with van der Waals surface area (Å²) in [6.07, 6.45) is 115. The van der Waals surface area contributed by atoms with E-state index < -0.39 is 26.5 Å². The number of nitrogens with zero attached hydrogens (tertiary/aromatic N) is 1. The molecular formula is C92H171NO8P+. The van der Waals surface area contributed by atoms with Crippen LogP contribution >= 0.6 is 7.82 Å². The first kappa shape index (κ1) is 99.2. The number of phosphoric acid groups is 1. The lowest BCUT2D eigenvalue weighted by molar-refractivity contribution is -0.870. The molecule has 0 aliphatic carbocycles. The van der Waals surface area contributed by atoms with Crippen molar-refractivity contribution in [1.82, 2.24) is 0 Å². The molecule has 0 aromatic heterocycles. The number of quaternary nitrogens is 1. The van der Waals surface area contributed by atoms with E-state index in [1.54, 1.807) is 0 Å². The van der Waals surface area contributed by atoms with Gasteiger partial charge in [0, 0.05) is 12.8 Å². The fourth-order valence-corrected chi connectivity index (χ4v) is 13.9. The van der Waals surface area contributed by atoms with Crippen LogP contribution in [0.1, 0.15) is 438 Å². The van der Waals surface area contributed by atoms with E-state index in [0.717, 1.165) is 70.6 Å². The highest BCUT2D eigenvalue weighted by Gasteiger charge is 2.27. The Kier molecular flexibility index (Phi) is 80.0. The number of hydrogen-bond donors (Lipinski definition) is 1. The maximum absolute atomic E-state index is 12.9. The molecular weight excluding hydrogens is 1280 g/mol. The predicted molar refractivity (Wildman–Crippen MR) is 446 cm³/mol. The monoisotopic (exact) mass is 1450 g/mol. The van der Waals surface area contributed by atoms with Gasteiger partial charge < -0.3 is 18.9 Å². The minimum absolute atomic E-state index is 0.0334. The molecule has 2 atom stereocenters. The van der Waals surface area contributed by atoms with Gasteiger partial charge in [-0.3, -0.25) is 18.6 Å². The third-order valence-electron chi connectivity index (χ3n) is 19.9. The Morgan fingerprint density at radius 2 is 0.559 bits per heavy atom. The molecule has 0 rings (SSSR count). The number of ether oxygens (including phenoxy) is 2. The van der Waals surface area contributed by atoms with Gasteiger partial charge in [-0.25, -0.2) is 4.57 Å². The topological polar surface area (TPSA) is 108 Å². The van der Waals surface area contributed by atoms with Crippen molar-refractivity contribution < 1.29 is 42.1 Å². The molecule has 0 radical (unpaired) electrons. The maximum Gasteiger partial charge on any atom is 0.472 e. The molecule has 0 aliphatic heterocycles. The molecule has 0 aliphatic rings. The summed E-state index contributed by atoms with van der Waals surface area (Å²) >= 11 is 0. The number of carbonyl (C=O) groups excluding carboxylic acids is 2. The molecule has 0 bridgehead atoms. The molecule has 0 fully saturated rings. The lowest BCUT2D eigenvalue weighted by atomic mass is 10.0. The normalized spacial score (nSPS) is 13.4. The molecule has 2 unspecified atom stereocenters. The number of rotatable bonds is 83. The van der Waals surface area contributed by atoms with Crippen LogP contribution in [0.15, 0.2) is 85.1 Å². The van der Waals surface area contributed by atoms with Crippen molar-refractivity contribution in [2.75, 3.05) is 47.5 Å². The number of esters is 2. The van der Waals surface area contributed by atoms with Crippen LogP contribution in [-0.2, 0) is 32.7 Å². The molecule has 0 aromatic carbocycles. The lowest BCUT2D eigenvalue weighted by Gasteiger charge is -2.24. The fraction of sp³-hybridized carbons (Fsp3) is 0.826. The Balaban J connectivity index is 3.85. The standard InChI is InChI=1S/C92H170NO8P/c1-6-8-10-12-14-16-18-20-22-24-26-28-30-32-34-36-38-40-42-44-45-46-47-49-50-52-54-56-58-60-62-64-66-68-70-72-74-76-78-80-82-84-91(94)98-88-90(89-100-102(96,97)99-87-86-93(3,4)5)101-92(95)85-83-81-79-77-75-73-71-69-67-65-63-61-59-57-55-53-51-48-43-41-39-37-35-33-31-29-27-25-23-21-19-17-15-13-11-9-7-2/h9,11,15,17-18,20-21,23-24,26-27,29,33,35,90H,6-8,10,12-14,16,19,22,25,28,30-32,34,36-89H2,1-5H3/p+1/b11-9-,17-15-,20-18-,23-21-,26-24-,29-27-,35-33-. The van der Waals surface area contributed by atoms with Crippen LogP contribution in [0.4, 0.5) is 0 Å². The number of likely N-dealkylation sites (N-methyl/N-ethyl adjacent to an activating group) is 1. The average molecular weight is 1450 g/mol. The van der Waals surface area contributed by atoms with E-state index in [4.69, 9.17) is 18.5 Å². The van der Waals surface area contributed by atoms with E-state index in [0.29, 0.717) is 23.9 Å². The molecule has 1 N–H and O–H groups in total. The van der Waals surface area contributed by atoms with Crippen molar-refractivity contribution in [1.29, 1.82) is 0 Å². The Bertz CT molecular complexity index is 2000. The molecule has 0 saturated carbocycles. The van der Waals surface area contributed by atoms with Crippen LogP contribution < -0.4 is 0 Å². The van der Waals surface area contributed by atoms with Gasteiger partial charge in [0.2, 0.25) is 0 Å². The summed E-state index contributed by atoms with van der Waals surface area (Å²) in [5, 5.41) is 0. The Hall–Kier alpha value is -2.81.